The van der Waals surface area contributed by atoms with Crippen LogP contribution in [0.2, 0.25) is 0 Å². The van der Waals surface area contributed by atoms with E-state index >= 15 is 0 Å². The molecule has 0 bridgehead atoms. The van der Waals surface area contributed by atoms with Crippen molar-refractivity contribution in [2.75, 3.05) is 18.0 Å². The summed E-state index contributed by atoms with van der Waals surface area (Å²) in [6.45, 7) is 9.67. The fraction of sp³-hybridized carbons (Fsp3) is 0.562. The third kappa shape index (κ3) is 5.33. The number of anilines is 1. The van der Waals surface area contributed by atoms with E-state index in [1.54, 1.807) is 6.92 Å². The van der Waals surface area contributed by atoms with Gasteiger partial charge >= 0.3 is 5.97 Å². The van der Waals surface area contributed by atoms with Crippen LogP contribution in [0, 0.1) is 18.8 Å². The highest BCUT2D eigenvalue weighted by atomic mass is 16.4. The largest absolute Gasteiger partial charge is 0.481 e. The Hall–Kier alpha value is -1.51. The van der Waals surface area contributed by atoms with Crippen LogP contribution in [-0.2, 0) is 4.79 Å². The number of aliphatic carboxylic acids is 1. The molecule has 1 N–H and O–H groups in total. The number of carbonyl (C=O) groups is 1. The maximum Gasteiger partial charge on any atom is 0.308 e. The Morgan fingerprint density at radius 2 is 2.00 bits per heavy atom. The van der Waals surface area contributed by atoms with Crippen LogP contribution in [0.3, 0.4) is 0 Å². The number of hydrogen-bond donors (Lipinski definition) is 1. The minimum absolute atomic E-state index is 0.354. The summed E-state index contributed by atoms with van der Waals surface area (Å²) in [6, 6.07) is 8.26. The van der Waals surface area contributed by atoms with Crippen molar-refractivity contribution in [1.82, 2.24) is 0 Å². The van der Waals surface area contributed by atoms with Crippen molar-refractivity contribution in [3.8, 4) is 0 Å². The molecule has 0 aliphatic carbocycles. The highest BCUT2D eigenvalue weighted by Gasteiger charge is 2.16. The first-order chi connectivity index (χ1) is 8.90. The molecule has 1 unspecified atom stereocenters. The van der Waals surface area contributed by atoms with E-state index in [2.05, 4.69) is 43.9 Å². The monoisotopic (exact) mass is 263 g/mol. The summed E-state index contributed by atoms with van der Waals surface area (Å²) in [6.07, 6.45) is 1.07. The molecular formula is C16H25NO2. The molecule has 3 nitrogen and oxygen atoms in total. The van der Waals surface area contributed by atoms with Crippen molar-refractivity contribution in [1.29, 1.82) is 0 Å². The van der Waals surface area contributed by atoms with Gasteiger partial charge in [-0.15, -0.1) is 0 Å². The van der Waals surface area contributed by atoms with Crippen LogP contribution in [0.25, 0.3) is 0 Å². The van der Waals surface area contributed by atoms with Gasteiger partial charge in [0.1, 0.15) is 0 Å². The van der Waals surface area contributed by atoms with E-state index in [1.807, 2.05) is 6.07 Å². The number of carboxylic acid groups (broad SMARTS) is 1. The molecule has 0 amide bonds. The van der Waals surface area contributed by atoms with Gasteiger partial charge in [-0.05, 0) is 37.0 Å². The van der Waals surface area contributed by atoms with Crippen LogP contribution in [-0.4, -0.2) is 24.2 Å². The van der Waals surface area contributed by atoms with Gasteiger partial charge in [0.2, 0.25) is 0 Å². The Kier molecular flexibility index (Phi) is 5.87. The van der Waals surface area contributed by atoms with Gasteiger partial charge < -0.3 is 10.0 Å². The number of benzene rings is 1. The summed E-state index contributed by atoms with van der Waals surface area (Å²) in [7, 11) is 0. The standard InChI is InChI=1S/C16H25NO2/c1-12(2)8-9-17(11-14(4)16(18)19)15-7-5-6-13(3)10-15/h5-7,10,12,14H,8-9,11H2,1-4H3,(H,18,19). The minimum atomic E-state index is -0.734. The summed E-state index contributed by atoms with van der Waals surface area (Å²) in [5.41, 5.74) is 2.32. The van der Waals surface area contributed by atoms with Crippen molar-refractivity contribution >= 4 is 11.7 Å². The van der Waals surface area contributed by atoms with E-state index in [0.29, 0.717) is 12.5 Å². The van der Waals surface area contributed by atoms with E-state index in [1.165, 1.54) is 5.56 Å². The molecule has 0 fully saturated rings. The van der Waals surface area contributed by atoms with E-state index in [-0.39, 0.29) is 5.92 Å². The van der Waals surface area contributed by atoms with Gasteiger partial charge in [0.25, 0.3) is 0 Å². The first kappa shape index (κ1) is 15.5. The normalized spacial score (nSPS) is 12.5. The van der Waals surface area contributed by atoms with Gasteiger partial charge in [-0.1, -0.05) is 32.9 Å². The fourth-order valence-electron chi connectivity index (χ4n) is 1.97. The lowest BCUT2D eigenvalue weighted by atomic mass is 10.1. The first-order valence-electron chi connectivity index (χ1n) is 6.94. The molecule has 3 heteroatoms. The van der Waals surface area contributed by atoms with Crippen molar-refractivity contribution in [2.45, 2.75) is 34.1 Å². The minimum Gasteiger partial charge on any atom is -0.481 e. The van der Waals surface area contributed by atoms with E-state index < -0.39 is 5.97 Å². The van der Waals surface area contributed by atoms with Crippen molar-refractivity contribution in [2.24, 2.45) is 11.8 Å². The number of aryl methyl sites for hydroxylation is 1. The SMILES string of the molecule is Cc1cccc(N(CCC(C)C)CC(C)C(=O)O)c1. The molecule has 1 aromatic carbocycles. The van der Waals surface area contributed by atoms with Crippen LogP contribution in [0.15, 0.2) is 24.3 Å². The topological polar surface area (TPSA) is 40.5 Å². The first-order valence-corrected chi connectivity index (χ1v) is 6.94. The molecule has 0 saturated carbocycles. The molecule has 1 atom stereocenters. The van der Waals surface area contributed by atoms with Gasteiger partial charge in [-0.3, -0.25) is 4.79 Å². The van der Waals surface area contributed by atoms with E-state index in [0.717, 1.165) is 18.7 Å². The second-order valence-corrected chi connectivity index (χ2v) is 5.71. The molecule has 1 aromatic rings. The second kappa shape index (κ2) is 7.17. The van der Waals surface area contributed by atoms with Crippen LogP contribution in [0.4, 0.5) is 5.69 Å². The lowest BCUT2D eigenvalue weighted by Gasteiger charge is -2.27. The zero-order valence-electron chi connectivity index (χ0n) is 12.4. The molecular weight excluding hydrogens is 238 g/mol. The van der Waals surface area contributed by atoms with Crippen LogP contribution in [0.5, 0.6) is 0 Å². The zero-order chi connectivity index (χ0) is 14.4. The third-order valence-corrected chi connectivity index (χ3v) is 3.26. The lowest BCUT2D eigenvalue weighted by Crippen LogP contribution is -2.33. The maximum absolute atomic E-state index is 11.0. The zero-order valence-corrected chi connectivity index (χ0v) is 12.4. The van der Waals surface area contributed by atoms with Crippen molar-refractivity contribution in [3.05, 3.63) is 29.8 Å². The predicted octanol–water partition coefficient (Wildman–Crippen LogP) is 3.57. The maximum atomic E-state index is 11.0. The van der Waals surface area contributed by atoms with Crippen LogP contribution < -0.4 is 4.90 Å². The number of hydrogen-bond acceptors (Lipinski definition) is 2. The highest BCUT2D eigenvalue weighted by Crippen LogP contribution is 2.19. The van der Waals surface area contributed by atoms with Gasteiger partial charge in [-0.2, -0.15) is 0 Å². The lowest BCUT2D eigenvalue weighted by molar-refractivity contribution is -0.140. The summed E-state index contributed by atoms with van der Waals surface area (Å²) in [5, 5.41) is 9.08. The van der Waals surface area contributed by atoms with Gasteiger partial charge in [-0.25, -0.2) is 0 Å². The van der Waals surface area contributed by atoms with Crippen molar-refractivity contribution < 1.29 is 9.90 Å². The molecule has 0 aromatic heterocycles. The quantitative estimate of drug-likeness (QED) is 0.817. The van der Waals surface area contributed by atoms with E-state index in [9.17, 15) is 4.79 Å². The summed E-state index contributed by atoms with van der Waals surface area (Å²) in [4.78, 5) is 13.2. The molecule has 106 valence electrons. The summed E-state index contributed by atoms with van der Waals surface area (Å²) >= 11 is 0. The molecule has 0 radical (unpaired) electrons. The smallest absolute Gasteiger partial charge is 0.308 e. The Morgan fingerprint density at radius 1 is 1.32 bits per heavy atom. The second-order valence-electron chi connectivity index (χ2n) is 5.71. The average Bonchev–Trinajstić information content (AvgIpc) is 2.33. The number of rotatable bonds is 7. The summed E-state index contributed by atoms with van der Waals surface area (Å²) < 4.78 is 0. The van der Waals surface area contributed by atoms with Gasteiger partial charge in [0, 0.05) is 18.8 Å². The predicted molar refractivity (Wildman–Crippen MR) is 79.6 cm³/mol. The summed E-state index contributed by atoms with van der Waals surface area (Å²) in [5.74, 6) is -0.470. The number of carboxylic acids is 1. The number of nitrogens with zero attached hydrogens (tertiary/aromatic N) is 1. The fourth-order valence-corrected chi connectivity index (χ4v) is 1.97. The Morgan fingerprint density at radius 3 is 2.53 bits per heavy atom. The molecule has 19 heavy (non-hydrogen) atoms. The van der Waals surface area contributed by atoms with Crippen molar-refractivity contribution in [3.63, 3.8) is 0 Å². The van der Waals surface area contributed by atoms with Gasteiger partial charge in [0.05, 0.1) is 5.92 Å². The van der Waals surface area contributed by atoms with E-state index in [4.69, 9.17) is 5.11 Å². The average molecular weight is 263 g/mol. The third-order valence-electron chi connectivity index (χ3n) is 3.26. The Balaban J connectivity index is 2.82. The molecule has 0 aliphatic rings. The molecule has 0 spiro atoms. The molecule has 0 heterocycles. The van der Waals surface area contributed by atoms with Crippen LogP contribution in [0.1, 0.15) is 32.8 Å². The molecule has 0 aliphatic heterocycles. The van der Waals surface area contributed by atoms with Gasteiger partial charge in [0.15, 0.2) is 0 Å². The highest BCUT2D eigenvalue weighted by molar-refractivity contribution is 5.70. The van der Waals surface area contributed by atoms with Crippen LogP contribution >= 0.6 is 0 Å². The molecule has 0 saturated heterocycles. The molecule has 1 rings (SSSR count). The Bertz CT molecular complexity index is 415. The Labute approximate surface area is 116 Å².